The number of terminal acetylenes is 1. The van der Waals surface area contributed by atoms with Crippen LogP contribution in [0.15, 0.2) is 60.9 Å². The van der Waals surface area contributed by atoms with Gasteiger partial charge >= 0.3 is 0 Å². The van der Waals surface area contributed by atoms with Crippen molar-refractivity contribution in [3.8, 4) is 18.1 Å². The van der Waals surface area contributed by atoms with E-state index in [1.165, 1.54) is 11.1 Å². The zero-order valence-electron chi connectivity index (χ0n) is 12.4. The van der Waals surface area contributed by atoms with Crippen molar-refractivity contribution in [1.82, 2.24) is 10.5 Å². The van der Waals surface area contributed by atoms with E-state index in [2.05, 4.69) is 35.9 Å². The molecule has 0 aromatic heterocycles. The van der Waals surface area contributed by atoms with Crippen LogP contribution in [0.25, 0.3) is 11.8 Å². The lowest BCUT2D eigenvalue weighted by atomic mass is 10.0. The summed E-state index contributed by atoms with van der Waals surface area (Å²) in [6, 6.07) is 16.1. The summed E-state index contributed by atoms with van der Waals surface area (Å²) in [6.45, 7) is 0.264. The summed E-state index contributed by atoms with van der Waals surface area (Å²) < 4.78 is 5.49. The zero-order valence-corrected chi connectivity index (χ0v) is 12.4. The van der Waals surface area contributed by atoms with E-state index in [9.17, 15) is 0 Å². The van der Waals surface area contributed by atoms with Crippen molar-refractivity contribution in [2.45, 2.75) is 0 Å². The third kappa shape index (κ3) is 2.44. The fraction of sp³-hybridized carbons (Fsp3) is 0.0526. The number of ether oxygens (including phenoxy) is 1. The Morgan fingerprint density at radius 1 is 1.09 bits per heavy atom. The van der Waals surface area contributed by atoms with Crippen molar-refractivity contribution in [1.29, 1.82) is 0 Å². The minimum atomic E-state index is 0.264. The van der Waals surface area contributed by atoms with Gasteiger partial charge in [0.05, 0.1) is 11.4 Å². The molecule has 0 amide bonds. The average molecular weight is 301 g/mol. The van der Waals surface area contributed by atoms with Crippen molar-refractivity contribution >= 4 is 17.5 Å². The van der Waals surface area contributed by atoms with Gasteiger partial charge in [0.25, 0.3) is 0 Å². The van der Waals surface area contributed by atoms with Gasteiger partial charge in [0, 0.05) is 24.0 Å². The average Bonchev–Trinajstić information content (AvgIpc) is 3.05. The van der Waals surface area contributed by atoms with Crippen molar-refractivity contribution < 1.29 is 4.74 Å². The van der Waals surface area contributed by atoms with Gasteiger partial charge in [-0.25, -0.2) is 0 Å². The van der Waals surface area contributed by atoms with E-state index in [1.807, 2.05) is 52.6 Å². The molecule has 2 aromatic rings. The van der Waals surface area contributed by atoms with Crippen molar-refractivity contribution in [3.05, 3.63) is 72.1 Å². The number of hydrazine groups is 2. The highest BCUT2D eigenvalue weighted by Gasteiger charge is 2.25. The first-order chi connectivity index (χ1) is 11.3. The van der Waals surface area contributed by atoms with E-state index in [-0.39, 0.29) is 6.61 Å². The summed E-state index contributed by atoms with van der Waals surface area (Å²) in [4.78, 5) is 0. The molecule has 1 N–H and O–H groups in total. The molecule has 4 nitrogen and oxygen atoms in total. The minimum Gasteiger partial charge on any atom is -0.481 e. The number of anilines is 1. The maximum absolute atomic E-state index is 5.49. The molecule has 0 atom stereocenters. The second-order valence-electron chi connectivity index (χ2n) is 5.25. The summed E-state index contributed by atoms with van der Waals surface area (Å²) in [7, 11) is 0. The third-order valence-electron chi connectivity index (χ3n) is 3.78. The largest absolute Gasteiger partial charge is 0.481 e. The Morgan fingerprint density at radius 3 is 2.91 bits per heavy atom. The highest BCUT2D eigenvalue weighted by atomic mass is 16.5. The smallest absolute Gasteiger partial charge is 0.148 e. The lowest BCUT2D eigenvalue weighted by Gasteiger charge is -2.24. The summed E-state index contributed by atoms with van der Waals surface area (Å²) >= 11 is 0. The number of fused-ring (bicyclic) bond motifs is 3. The lowest BCUT2D eigenvalue weighted by Crippen LogP contribution is -2.37. The quantitative estimate of drug-likeness (QED) is 0.881. The normalized spacial score (nSPS) is 14.8. The molecule has 0 saturated carbocycles. The molecular formula is C19H15N3O. The van der Waals surface area contributed by atoms with Gasteiger partial charge in [-0.15, -0.1) is 12.0 Å². The van der Waals surface area contributed by atoms with E-state index in [1.54, 1.807) is 0 Å². The molecule has 0 bridgehead atoms. The topological polar surface area (TPSA) is 27.7 Å². The molecule has 0 saturated heterocycles. The molecule has 0 spiro atoms. The zero-order chi connectivity index (χ0) is 15.6. The second-order valence-corrected chi connectivity index (χ2v) is 5.25. The highest BCUT2D eigenvalue weighted by molar-refractivity contribution is 5.80. The van der Waals surface area contributed by atoms with Gasteiger partial charge in [-0.1, -0.05) is 36.3 Å². The summed E-state index contributed by atoms with van der Waals surface area (Å²) in [5.74, 6) is 3.23. The summed E-state index contributed by atoms with van der Waals surface area (Å²) in [6.07, 6.45) is 11.4. The van der Waals surface area contributed by atoms with E-state index >= 15 is 0 Å². The first-order valence-electron chi connectivity index (χ1n) is 7.36. The number of nitrogens with one attached hydrogen (secondary N) is 1. The van der Waals surface area contributed by atoms with Gasteiger partial charge in [-0.3, -0.25) is 10.0 Å². The predicted molar refractivity (Wildman–Crippen MR) is 91.7 cm³/mol. The van der Waals surface area contributed by atoms with Gasteiger partial charge in [0.15, 0.2) is 0 Å². The molecule has 0 fully saturated rings. The molecule has 2 heterocycles. The van der Waals surface area contributed by atoms with E-state index < -0.39 is 0 Å². The fourth-order valence-electron chi connectivity index (χ4n) is 2.71. The van der Waals surface area contributed by atoms with Crippen LogP contribution in [0, 0.1) is 12.3 Å². The Bertz CT molecular complexity index is 848. The molecule has 4 rings (SSSR count). The molecule has 0 unspecified atom stereocenters. The maximum atomic E-state index is 5.49. The molecular weight excluding hydrogens is 286 g/mol. The van der Waals surface area contributed by atoms with Crippen LogP contribution in [-0.2, 0) is 0 Å². The molecule has 23 heavy (non-hydrogen) atoms. The molecule has 0 radical (unpaired) electrons. The van der Waals surface area contributed by atoms with E-state index in [0.29, 0.717) is 0 Å². The maximum Gasteiger partial charge on any atom is 0.148 e. The first-order valence-corrected chi connectivity index (χ1v) is 7.36. The number of benzene rings is 2. The van der Waals surface area contributed by atoms with Crippen LogP contribution in [0.4, 0.5) is 5.69 Å². The van der Waals surface area contributed by atoms with Gasteiger partial charge in [-0.05, 0) is 23.8 Å². The van der Waals surface area contributed by atoms with Gasteiger partial charge < -0.3 is 4.74 Å². The van der Waals surface area contributed by atoms with E-state index in [4.69, 9.17) is 11.2 Å². The molecule has 0 aliphatic carbocycles. The Morgan fingerprint density at radius 2 is 2.00 bits per heavy atom. The van der Waals surface area contributed by atoms with Crippen molar-refractivity contribution in [2.75, 3.05) is 11.6 Å². The van der Waals surface area contributed by atoms with Crippen LogP contribution in [0.2, 0.25) is 0 Å². The number of rotatable bonds is 3. The monoisotopic (exact) mass is 301 g/mol. The summed E-state index contributed by atoms with van der Waals surface area (Å²) in [5, 5.41) is 3.96. The van der Waals surface area contributed by atoms with Crippen LogP contribution in [0.5, 0.6) is 5.75 Å². The predicted octanol–water partition coefficient (Wildman–Crippen LogP) is 3.22. The lowest BCUT2D eigenvalue weighted by molar-refractivity contribution is 0.370. The van der Waals surface area contributed by atoms with Crippen molar-refractivity contribution in [3.63, 3.8) is 0 Å². The molecule has 2 aliphatic rings. The Labute approximate surface area is 135 Å². The Kier molecular flexibility index (Phi) is 3.26. The van der Waals surface area contributed by atoms with Gasteiger partial charge in [0.1, 0.15) is 12.4 Å². The van der Waals surface area contributed by atoms with Crippen LogP contribution in [0.1, 0.15) is 11.1 Å². The molecule has 112 valence electrons. The van der Waals surface area contributed by atoms with Crippen molar-refractivity contribution in [2.24, 2.45) is 0 Å². The van der Waals surface area contributed by atoms with Gasteiger partial charge in [-0.2, -0.15) is 0 Å². The molecule has 2 aromatic carbocycles. The highest BCUT2D eigenvalue weighted by Crippen LogP contribution is 2.33. The standard InChI is InChI=1S/C19H15N3O/c1-2-12-23-17-8-5-7-16(13-17)22-14-19-18-9-4-3-6-15(18)10-11-21(19)20-22/h1,3-11,13-14,20H,12H2. The SMILES string of the molecule is C#CCOc1cccc(N2C=C3c4ccccc4C=CN3N2)c1. The summed E-state index contributed by atoms with van der Waals surface area (Å²) in [5.41, 5.74) is 7.82. The Balaban J connectivity index is 1.65. The van der Waals surface area contributed by atoms with Gasteiger partial charge in [0.2, 0.25) is 0 Å². The number of nitrogens with zero attached hydrogens (tertiary/aromatic N) is 2. The minimum absolute atomic E-state index is 0.264. The Hall–Kier alpha value is -3.16. The molecule has 2 aliphatic heterocycles. The number of hydrogen-bond acceptors (Lipinski definition) is 4. The van der Waals surface area contributed by atoms with Crippen LogP contribution in [-0.4, -0.2) is 11.6 Å². The first kappa shape index (κ1) is 13.5. The second kappa shape index (κ2) is 5.56. The van der Waals surface area contributed by atoms with Crippen LogP contribution < -0.4 is 15.3 Å². The third-order valence-corrected chi connectivity index (χ3v) is 3.78. The van der Waals surface area contributed by atoms with E-state index in [0.717, 1.165) is 17.1 Å². The van der Waals surface area contributed by atoms with Crippen LogP contribution in [0.3, 0.4) is 0 Å². The number of hydrogen-bond donors (Lipinski definition) is 1. The molecule has 4 heteroatoms. The fourth-order valence-corrected chi connectivity index (χ4v) is 2.71. The van der Waals surface area contributed by atoms with Crippen LogP contribution >= 0.6 is 0 Å².